The number of primary amides is 1. The van der Waals surface area contributed by atoms with E-state index in [-0.39, 0.29) is 5.56 Å². The normalized spacial score (nSPS) is 15.1. The van der Waals surface area contributed by atoms with Crippen LogP contribution >= 0.6 is 0 Å². The van der Waals surface area contributed by atoms with Crippen molar-refractivity contribution in [2.75, 3.05) is 30.4 Å². The van der Waals surface area contributed by atoms with Gasteiger partial charge in [-0.1, -0.05) is 0 Å². The molecule has 25 heavy (non-hydrogen) atoms. The van der Waals surface area contributed by atoms with Gasteiger partial charge in [-0.15, -0.1) is 0 Å². The van der Waals surface area contributed by atoms with E-state index in [0.29, 0.717) is 24.2 Å². The highest BCUT2D eigenvalue weighted by Gasteiger charge is 2.15. The Hall–Kier alpha value is -2.68. The molecular formula is C16H23N7O2. The number of amides is 1. The number of hydrogen-bond acceptors (Lipinski definition) is 7. The Labute approximate surface area is 146 Å². The van der Waals surface area contributed by atoms with Crippen molar-refractivity contribution < 1.29 is 9.53 Å². The number of ether oxygens (including phenoxy) is 1. The molecule has 3 heterocycles. The van der Waals surface area contributed by atoms with Crippen molar-refractivity contribution in [1.29, 1.82) is 0 Å². The summed E-state index contributed by atoms with van der Waals surface area (Å²) in [7, 11) is 1.82. The van der Waals surface area contributed by atoms with Crippen LogP contribution in [0.2, 0.25) is 0 Å². The van der Waals surface area contributed by atoms with Gasteiger partial charge < -0.3 is 21.1 Å². The highest BCUT2D eigenvalue weighted by Crippen LogP contribution is 2.20. The second-order valence-electron chi connectivity index (χ2n) is 6.12. The molecule has 0 atom stereocenters. The number of carbonyl (C=O) groups is 1. The van der Waals surface area contributed by atoms with E-state index in [1.165, 1.54) is 6.20 Å². The summed E-state index contributed by atoms with van der Waals surface area (Å²) in [4.78, 5) is 20.1. The molecule has 9 heteroatoms. The smallest absolute Gasteiger partial charge is 0.254 e. The molecule has 1 saturated heterocycles. The highest BCUT2D eigenvalue weighted by atomic mass is 16.5. The van der Waals surface area contributed by atoms with Gasteiger partial charge in [0.05, 0.1) is 17.4 Å². The molecule has 1 aliphatic rings. The van der Waals surface area contributed by atoms with E-state index in [2.05, 4.69) is 25.7 Å². The first kappa shape index (κ1) is 17.2. The number of nitrogens with two attached hydrogens (primary N) is 1. The Morgan fingerprint density at radius 2 is 2.20 bits per heavy atom. The number of nitrogens with one attached hydrogen (secondary N) is 2. The lowest BCUT2D eigenvalue weighted by molar-refractivity contribution is 0.0649. The maximum Gasteiger partial charge on any atom is 0.254 e. The number of nitrogens with zero attached hydrogens (tertiary/aromatic N) is 4. The summed E-state index contributed by atoms with van der Waals surface area (Å²) in [6, 6.07) is 0. The summed E-state index contributed by atoms with van der Waals surface area (Å²) in [5, 5.41) is 10.4. The molecule has 4 N–H and O–H groups in total. The molecule has 2 aromatic rings. The molecule has 0 unspecified atom stereocenters. The Morgan fingerprint density at radius 3 is 2.88 bits per heavy atom. The SMILES string of the molecule is Cn1cc(Nc2ncc(C(N)=O)c(NCCC3CCOCC3)n2)cn1. The van der Waals surface area contributed by atoms with E-state index in [0.717, 1.165) is 38.2 Å². The minimum absolute atomic E-state index is 0.281. The molecule has 0 spiro atoms. The number of carbonyl (C=O) groups excluding carboxylic acids is 1. The van der Waals surface area contributed by atoms with Crippen molar-refractivity contribution in [3.8, 4) is 0 Å². The van der Waals surface area contributed by atoms with Crippen LogP contribution in [0.1, 0.15) is 29.6 Å². The quantitative estimate of drug-likeness (QED) is 0.691. The van der Waals surface area contributed by atoms with Gasteiger partial charge in [0.15, 0.2) is 0 Å². The van der Waals surface area contributed by atoms with E-state index < -0.39 is 5.91 Å². The van der Waals surface area contributed by atoms with Gasteiger partial charge in [-0.05, 0) is 25.2 Å². The molecule has 9 nitrogen and oxygen atoms in total. The molecule has 0 aromatic carbocycles. The predicted octanol–water partition coefficient (Wildman–Crippen LogP) is 1.28. The van der Waals surface area contributed by atoms with Crippen molar-refractivity contribution in [3.63, 3.8) is 0 Å². The first-order valence-electron chi connectivity index (χ1n) is 8.36. The van der Waals surface area contributed by atoms with Crippen molar-refractivity contribution >= 4 is 23.4 Å². The lowest BCUT2D eigenvalue weighted by atomic mass is 9.97. The van der Waals surface area contributed by atoms with E-state index >= 15 is 0 Å². The number of aryl methyl sites for hydroxylation is 1. The van der Waals surface area contributed by atoms with Crippen LogP contribution in [0, 0.1) is 5.92 Å². The van der Waals surface area contributed by atoms with Crippen LogP contribution in [0.3, 0.4) is 0 Å². The fraction of sp³-hybridized carbons (Fsp3) is 0.500. The molecule has 0 aliphatic carbocycles. The molecule has 1 fully saturated rings. The summed E-state index contributed by atoms with van der Waals surface area (Å²) >= 11 is 0. The zero-order chi connectivity index (χ0) is 17.6. The van der Waals surface area contributed by atoms with Crippen molar-refractivity contribution in [2.24, 2.45) is 18.7 Å². The molecule has 134 valence electrons. The van der Waals surface area contributed by atoms with Crippen LogP contribution in [-0.4, -0.2) is 45.4 Å². The lowest BCUT2D eigenvalue weighted by Gasteiger charge is -2.22. The van der Waals surface area contributed by atoms with Gasteiger partial charge in [-0.2, -0.15) is 10.1 Å². The summed E-state index contributed by atoms with van der Waals surface area (Å²) < 4.78 is 7.05. The number of anilines is 3. The molecule has 3 rings (SSSR count). The maximum atomic E-state index is 11.6. The second-order valence-corrected chi connectivity index (χ2v) is 6.12. The maximum absolute atomic E-state index is 11.6. The van der Waals surface area contributed by atoms with Gasteiger partial charge in [-0.25, -0.2) is 4.98 Å². The Balaban J connectivity index is 1.66. The highest BCUT2D eigenvalue weighted by molar-refractivity contribution is 5.97. The van der Waals surface area contributed by atoms with E-state index in [1.807, 2.05) is 13.2 Å². The van der Waals surface area contributed by atoms with E-state index in [1.54, 1.807) is 10.9 Å². The number of aromatic nitrogens is 4. The summed E-state index contributed by atoms with van der Waals surface area (Å²) in [6.45, 7) is 2.36. The summed E-state index contributed by atoms with van der Waals surface area (Å²) in [6.07, 6.45) is 8.05. The molecule has 2 aromatic heterocycles. The summed E-state index contributed by atoms with van der Waals surface area (Å²) in [5.41, 5.74) is 6.47. The van der Waals surface area contributed by atoms with Crippen LogP contribution in [0.25, 0.3) is 0 Å². The van der Waals surface area contributed by atoms with Gasteiger partial charge in [0, 0.05) is 39.2 Å². The standard InChI is InChI=1S/C16H23N7O2/c1-23-10-12(8-20-23)21-16-19-9-13(14(17)24)15(22-16)18-5-2-11-3-6-25-7-4-11/h8-11H,2-7H2,1H3,(H2,17,24)(H2,18,19,21,22). The largest absolute Gasteiger partial charge is 0.381 e. The third kappa shape index (κ3) is 4.66. The van der Waals surface area contributed by atoms with Crippen molar-refractivity contribution in [3.05, 3.63) is 24.2 Å². The predicted molar refractivity (Wildman–Crippen MR) is 93.7 cm³/mol. The van der Waals surface area contributed by atoms with E-state index in [9.17, 15) is 4.79 Å². The molecule has 1 aliphatic heterocycles. The Bertz CT molecular complexity index is 725. The zero-order valence-electron chi connectivity index (χ0n) is 14.2. The second kappa shape index (κ2) is 7.93. The first-order chi connectivity index (χ1) is 12.1. The van der Waals surface area contributed by atoms with Gasteiger partial charge in [0.25, 0.3) is 5.91 Å². The molecule has 0 radical (unpaired) electrons. The van der Waals surface area contributed by atoms with Gasteiger partial charge in [0.2, 0.25) is 5.95 Å². The minimum Gasteiger partial charge on any atom is -0.381 e. The van der Waals surface area contributed by atoms with Crippen LogP contribution in [0.5, 0.6) is 0 Å². The van der Waals surface area contributed by atoms with Gasteiger partial charge in [0.1, 0.15) is 5.82 Å². The molecular weight excluding hydrogens is 322 g/mol. The van der Waals surface area contributed by atoms with Crippen LogP contribution < -0.4 is 16.4 Å². The Morgan fingerprint density at radius 1 is 1.40 bits per heavy atom. The fourth-order valence-electron chi connectivity index (χ4n) is 2.80. The first-order valence-corrected chi connectivity index (χ1v) is 8.36. The Kier molecular flexibility index (Phi) is 5.44. The van der Waals surface area contributed by atoms with Gasteiger partial charge in [-0.3, -0.25) is 9.48 Å². The zero-order valence-corrected chi connectivity index (χ0v) is 14.2. The third-order valence-electron chi connectivity index (χ3n) is 4.20. The van der Waals surface area contributed by atoms with Crippen LogP contribution in [0.4, 0.5) is 17.5 Å². The van der Waals surface area contributed by atoms with Gasteiger partial charge >= 0.3 is 0 Å². The topological polar surface area (TPSA) is 120 Å². The average Bonchev–Trinajstić information content (AvgIpc) is 3.01. The number of hydrogen-bond donors (Lipinski definition) is 3. The van der Waals surface area contributed by atoms with E-state index in [4.69, 9.17) is 10.5 Å². The third-order valence-corrected chi connectivity index (χ3v) is 4.20. The molecule has 0 bridgehead atoms. The van der Waals surface area contributed by atoms with Crippen LogP contribution in [0.15, 0.2) is 18.6 Å². The monoisotopic (exact) mass is 345 g/mol. The average molecular weight is 345 g/mol. The van der Waals surface area contributed by atoms with Crippen molar-refractivity contribution in [1.82, 2.24) is 19.7 Å². The van der Waals surface area contributed by atoms with Crippen LogP contribution in [-0.2, 0) is 11.8 Å². The summed E-state index contributed by atoms with van der Waals surface area (Å²) in [5.74, 6) is 0.905. The number of rotatable bonds is 7. The molecule has 0 saturated carbocycles. The van der Waals surface area contributed by atoms with Crippen molar-refractivity contribution in [2.45, 2.75) is 19.3 Å². The minimum atomic E-state index is -0.554. The fourth-order valence-corrected chi connectivity index (χ4v) is 2.80. The molecule has 1 amide bonds. The lowest BCUT2D eigenvalue weighted by Crippen LogP contribution is -2.21.